The molecule has 0 amide bonds. The highest BCUT2D eigenvalue weighted by Crippen LogP contribution is 2.34. The van der Waals surface area contributed by atoms with Crippen molar-refractivity contribution in [2.24, 2.45) is 0 Å². The molecule has 1 saturated carbocycles. The largest absolute Gasteiger partial charge is 0.354 e. The van der Waals surface area contributed by atoms with E-state index in [9.17, 15) is 0 Å². The first kappa shape index (κ1) is 15.2. The quantitative estimate of drug-likeness (QED) is 0.924. The van der Waals surface area contributed by atoms with Crippen LogP contribution >= 0.6 is 11.8 Å². The average molecular weight is 305 g/mol. The molecule has 0 aromatic carbocycles. The summed E-state index contributed by atoms with van der Waals surface area (Å²) in [4.78, 5) is 7.40. The average Bonchev–Trinajstić information content (AvgIpc) is 3.19. The van der Waals surface area contributed by atoms with Gasteiger partial charge in [0.1, 0.15) is 5.82 Å². The summed E-state index contributed by atoms with van der Waals surface area (Å²) in [6.45, 7) is 12.2. The maximum Gasteiger partial charge on any atom is 0.133 e. The number of aromatic nitrogens is 1. The Bertz CT molecular complexity index is 523. The molecule has 4 heteroatoms. The molecule has 2 aliphatic rings. The van der Waals surface area contributed by atoms with E-state index in [0.717, 1.165) is 31.4 Å². The molecule has 2 fully saturated rings. The Labute approximate surface area is 132 Å². The monoisotopic (exact) mass is 305 g/mol. The standard InChI is InChI=1S/C17H27N3S/c1-12-9-13(2)19-16(15(12)10-18-14-5-6-14)20-7-8-21-17(3,4)11-20/h9,14,18H,5-8,10-11H2,1-4H3. The minimum atomic E-state index is 0.318. The zero-order valence-electron chi connectivity index (χ0n) is 13.7. The van der Waals surface area contributed by atoms with Gasteiger partial charge in [-0.2, -0.15) is 11.8 Å². The highest BCUT2D eigenvalue weighted by molar-refractivity contribution is 8.00. The third-order valence-electron chi connectivity index (χ3n) is 4.32. The minimum Gasteiger partial charge on any atom is -0.354 e. The van der Waals surface area contributed by atoms with Gasteiger partial charge in [0.2, 0.25) is 0 Å². The summed E-state index contributed by atoms with van der Waals surface area (Å²) >= 11 is 2.08. The molecule has 116 valence electrons. The number of anilines is 1. The van der Waals surface area contributed by atoms with Crippen molar-refractivity contribution in [1.29, 1.82) is 0 Å². The van der Waals surface area contributed by atoms with Crippen LogP contribution in [0, 0.1) is 13.8 Å². The van der Waals surface area contributed by atoms with Gasteiger partial charge in [-0.3, -0.25) is 0 Å². The Morgan fingerprint density at radius 2 is 2.14 bits per heavy atom. The molecular formula is C17H27N3S. The maximum atomic E-state index is 4.90. The second-order valence-electron chi connectivity index (χ2n) is 7.07. The van der Waals surface area contributed by atoms with Crippen molar-refractivity contribution in [2.75, 3.05) is 23.7 Å². The lowest BCUT2D eigenvalue weighted by Crippen LogP contribution is -2.44. The first-order valence-corrected chi connectivity index (χ1v) is 9.02. The molecule has 21 heavy (non-hydrogen) atoms. The van der Waals surface area contributed by atoms with Crippen LogP contribution in [0.4, 0.5) is 5.82 Å². The number of nitrogens with zero attached hydrogens (tertiary/aromatic N) is 2. The molecule has 1 aromatic heterocycles. The summed E-state index contributed by atoms with van der Waals surface area (Å²) in [6, 6.07) is 2.96. The van der Waals surface area contributed by atoms with Crippen molar-refractivity contribution in [3.63, 3.8) is 0 Å². The summed E-state index contributed by atoms with van der Waals surface area (Å²) in [5, 5.41) is 3.66. The van der Waals surface area contributed by atoms with Gasteiger partial charge in [0.15, 0.2) is 0 Å². The van der Waals surface area contributed by atoms with Crippen LogP contribution in [-0.2, 0) is 6.54 Å². The molecule has 0 unspecified atom stereocenters. The number of hydrogen-bond acceptors (Lipinski definition) is 4. The van der Waals surface area contributed by atoms with Crippen LogP contribution in [0.15, 0.2) is 6.07 Å². The van der Waals surface area contributed by atoms with Gasteiger partial charge in [0.05, 0.1) is 0 Å². The minimum absolute atomic E-state index is 0.318. The Morgan fingerprint density at radius 1 is 1.38 bits per heavy atom. The highest BCUT2D eigenvalue weighted by Gasteiger charge is 2.29. The Kier molecular flexibility index (Phi) is 4.19. The number of thioether (sulfide) groups is 1. The predicted molar refractivity (Wildman–Crippen MR) is 92.3 cm³/mol. The van der Waals surface area contributed by atoms with E-state index in [1.54, 1.807) is 0 Å². The topological polar surface area (TPSA) is 28.2 Å². The fraction of sp³-hybridized carbons (Fsp3) is 0.706. The van der Waals surface area contributed by atoms with Gasteiger partial charge in [0.25, 0.3) is 0 Å². The number of hydrogen-bond donors (Lipinski definition) is 1. The van der Waals surface area contributed by atoms with Crippen LogP contribution in [-0.4, -0.2) is 34.6 Å². The molecule has 1 aromatic rings. The molecule has 2 heterocycles. The van der Waals surface area contributed by atoms with E-state index in [2.05, 4.69) is 55.7 Å². The lowest BCUT2D eigenvalue weighted by Gasteiger charge is -2.39. The Morgan fingerprint density at radius 3 is 2.81 bits per heavy atom. The summed E-state index contributed by atoms with van der Waals surface area (Å²) in [6.07, 6.45) is 2.67. The number of aryl methyl sites for hydroxylation is 2. The van der Waals surface area contributed by atoms with Crippen molar-refractivity contribution in [2.45, 2.75) is 57.9 Å². The number of pyridine rings is 1. The Balaban J connectivity index is 1.87. The second-order valence-corrected chi connectivity index (χ2v) is 8.87. The molecule has 0 atom stereocenters. The number of nitrogens with one attached hydrogen (secondary N) is 1. The van der Waals surface area contributed by atoms with E-state index in [0.29, 0.717) is 4.75 Å². The molecule has 1 N–H and O–H groups in total. The van der Waals surface area contributed by atoms with Crippen LogP contribution < -0.4 is 10.2 Å². The third kappa shape index (κ3) is 3.72. The molecular weight excluding hydrogens is 278 g/mol. The maximum absolute atomic E-state index is 4.90. The smallest absolute Gasteiger partial charge is 0.133 e. The van der Waals surface area contributed by atoms with Gasteiger partial charge in [-0.15, -0.1) is 0 Å². The molecule has 1 aliphatic heterocycles. The van der Waals surface area contributed by atoms with Gasteiger partial charge in [0, 0.05) is 47.4 Å². The fourth-order valence-electron chi connectivity index (χ4n) is 3.05. The molecule has 0 spiro atoms. The first-order chi connectivity index (χ1) is 9.94. The SMILES string of the molecule is Cc1cc(C)c(CNC2CC2)c(N2CCSC(C)(C)C2)n1. The molecule has 0 radical (unpaired) electrons. The first-order valence-electron chi connectivity index (χ1n) is 8.04. The lowest BCUT2D eigenvalue weighted by molar-refractivity contribution is 0.630. The van der Waals surface area contributed by atoms with E-state index < -0.39 is 0 Å². The summed E-state index contributed by atoms with van der Waals surface area (Å²) in [7, 11) is 0. The van der Waals surface area contributed by atoms with Crippen molar-refractivity contribution < 1.29 is 0 Å². The van der Waals surface area contributed by atoms with Crippen molar-refractivity contribution in [3.05, 3.63) is 22.9 Å². The molecule has 3 nitrogen and oxygen atoms in total. The molecule has 1 saturated heterocycles. The predicted octanol–water partition coefficient (Wildman–Crippen LogP) is 3.28. The van der Waals surface area contributed by atoms with E-state index in [4.69, 9.17) is 4.98 Å². The third-order valence-corrected chi connectivity index (χ3v) is 5.62. The summed E-state index contributed by atoms with van der Waals surface area (Å²) in [5.74, 6) is 2.41. The van der Waals surface area contributed by atoms with Crippen molar-refractivity contribution >= 4 is 17.6 Å². The van der Waals surface area contributed by atoms with Gasteiger partial charge < -0.3 is 10.2 Å². The molecule has 0 bridgehead atoms. The fourth-order valence-corrected chi connectivity index (χ4v) is 4.17. The number of rotatable bonds is 4. The van der Waals surface area contributed by atoms with Crippen LogP contribution in [0.5, 0.6) is 0 Å². The van der Waals surface area contributed by atoms with Crippen molar-refractivity contribution in [3.8, 4) is 0 Å². The van der Waals surface area contributed by atoms with E-state index in [1.807, 2.05) is 0 Å². The molecule has 1 aliphatic carbocycles. The van der Waals surface area contributed by atoms with Gasteiger partial charge in [-0.25, -0.2) is 4.98 Å². The van der Waals surface area contributed by atoms with Crippen LogP contribution in [0.1, 0.15) is 43.5 Å². The van der Waals surface area contributed by atoms with Crippen molar-refractivity contribution in [1.82, 2.24) is 10.3 Å². The summed E-state index contributed by atoms with van der Waals surface area (Å²) < 4.78 is 0.318. The van der Waals surface area contributed by atoms with E-state index in [-0.39, 0.29) is 0 Å². The van der Waals surface area contributed by atoms with Gasteiger partial charge in [-0.05, 0) is 52.2 Å². The lowest BCUT2D eigenvalue weighted by atomic mass is 10.1. The van der Waals surface area contributed by atoms with Crippen LogP contribution in [0.3, 0.4) is 0 Å². The highest BCUT2D eigenvalue weighted by atomic mass is 32.2. The zero-order valence-corrected chi connectivity index (χ0v) is 14.5. The van der Waals surface area contributed by atoms with Crippen LogP contribution in [0.25, 0.3) is 0 Å². The summed E-state index contributed by atoms with van der Waals surface area (Å²) in [5.41, 5.74) is 3.91. The van der Waals surface area contributed by atoms with Crippen LogP contribution in [0.2, 0.25) is 0 Å². The van der Waals surface area contributed by atoms with E-state index >= 15 is 0 Å². The normalized spacial score (nSPS) is 21.6. The Hall–Kier alpha value is -0.740. The zero-order chi connectivity index (χ0) is 15.0. The molecule has 3 rings (SSSR count). The van der Waals surface area contributed by atoms with Gasteiger partial charge >= 0.3 is 0 Å². The second kappa shape index (κ2) is 5.81. The van der Waals surface area contributed by atoms with E-state index in [1.165, 1.54) is 35.5 Å². The van der Waals surface area contributed by atoms with Gasteiger partial charge in [-0.1, -0.05) is 0 Å².